The number of morpholine rings is 1. The fourth-order valence-corrected chi connectivity index (χ4v) is 5.38. The van der Waals surface area contributed by atoms with E-state index in [0.29, 0.717) is 60.3 Å². The van der Waals surface area contributed by atoms with Gasteiger partial charge in [-0.05, 0) is 24.3 Å². The van der Waals surface area contributed by atoms with Crippen molar-refractivity contribution < 1.29 is 23.5 Å². The van der Waals surface area contributed by atoms with E-state index in [2.05, 4.69) is 10.0 Å². The summed E-state index contributed by atoms with van der Waals surface area (Å²) >= 11 is 6.37. The minimum atomic E-state index is -0.537. The first-order valence-electron chi connectivity index (χ1n) is 13.6. The molecule has 0 saturated carbocycles. The van der Waals surface area contributed by atoms with Crippen molar-refractivity contribution >= 4 is 29.1 Å². The Morgan fingerprint density at radius 2 is 1.76 bits per heavy atom. The summed E-state index contributed by atoms with van der Waals surface area (Å²) in [7, 11) is 1.56. The summed E-state index contributed by atoms with van der Waals surface area (Å²) in [6, 6.07) is 20.0. The Labute approximate surface area is 243 Å². The van der Waals surface area contributed by atoms with Gasteiger partial charge in [-0.2, -0.15) is 5.10 Å². The van der Waals surface area contributed by atoms with E-state index in [1.807, 2.05) is 24.3 Å². The molecule has 214 valence electrons. The number of para-hydroxylation sites is 1. The van der Waals surface area contributed by atoms with Gasteiger partial charge in [0.1, 0.15) is 18.1 Å². The first-order chi connectivity index (χ1) is 20.0. The predicted octanol–water partition coefficient (Wildman–Crippen LogP) is 4.64. The second kappa shape index (κ2) is 13.2. The normalized spacial score (nSPS) is 17.3. The summed E-state index contributed by atoms with van der Waals surface area (Å²) in [5, 5.41) is 6.30. The number of ether oxygens (including phenoxy) is 2. The quantitative estimate of drug-likeness (QED) is 0.370. The van der Waals surface area contributed by atoms with Crippen molar-refractivity contribution in [1.29, 1.82) is 0 Å². The lowest BCUT2D eigenvalue weighted by Crippen LogP contribution is -2.46. The number of nitrogens with zero attached hydrogens (tertiary/aromatic N) is 4. The standard InChI is InChI=1S/C31H32ClFN4O4/c1-40-29-13-7-4-10-24(29)28-20-27(23-9-3-6-12-26(23)33)34-37(28)30(38)21-36(15-14-35-16-18-41-19-17-35)31(39)22-8-2-5-11-25(22)32/h2-13,28H,14-21H2,1H3/t28-/m1/s1. The number of benzene rings is 3. The van der Waals surface area contributed by atoms with Crippen LogP contribution in [0.15, 0.2) is 77.9 Å². The number of halogens is 2. The number of hydrazone groups is 1. The molecule has 1 fully saturated rings. The van der Waals surface area contributed by atoms with Crippen LogP contribution in [-0.4, -0.2) is 85.4 Å². The van der Waals surface area contributed by atoms with Crippen molar-refractivity contribution in [2.75, 3.05) is 53.0 Å². The maximum Gasteiger partial charge on any atom is 0.262 e. The molecule has 0 bridgehead atoms. The molecule has 2 amide bonds. The van der Waals surface area contributed by atoms with Gasteiger partial charge in [-0.1, -0.05) is 60.1 Å². The van der Waals surface area contributed by atoms with Crippen molar-refractivity contribution in [1.82, 2.24) is 14.8 Å². The van der Waals surface area contributed by atoms with Crippen molar-refractivity contribution in [3.05, 3.63) is 100 Å². The van der Waals surface area contributed by atoms with Crippen LogP contribution in [0.25, 0.3) is 0 Å². The Kier molecular flexibility index (Phi) is 9.28. The van der Waals surface area contributed by atoms with Gasteiger partial charge in [0.25, 0.3) is 11.8 Å². The second-order valence-electron chi connectivity index (χ2n) is 9.89. The minimum absolute atomic E-state index is 0.228. The van der Waals surface area contributed by atoms with Crippen molar-refractivity contribution in [2.45, 2.75) is 12.5 Å². The fourth-order valence-electron chi connectivity index (χ4n) is 5.16. The van der Waals surface area contributed by atoms with Crippen LogP contribution in [0, 0.1) is 5.82 Å². The maximum absolute atomic E-state index is 14.8. The molecule has 1 atom stereocenters. The second-order valence-corrected chi connectivity index (χ2v) is 10.3. The lowest BCUT2D eigenvalue weighted by atomic mass is 9.97. The van der Waals surface area contributed by atoms with Gasteiger partial charge in [-0.3, -0.25) is 14.5 Å². The molecule has 10 heteroatoms. The summed E-state index contributed by atoms with van der Waals surface area (Å²) in [6.07, 6.45) is 0.291. The zero-order valence-electron chi connectivity index (χ0n) is 22.8. The van der Waals surface area contributed by atoms with Crippen LogP contribution in [0.3, 0.4) is 0 Å². The van der Waals surface area contributed by atoms with Crippen LogP contribution in [-0.2, 0) is 9.53 Å². The molecule has 2 aliphatic heterocycles. The van der Waals surface area contributed by atoms with Gasteiger partial charge >= 0.3 is 0 Å². The number of hydrogen-bond acceptors (Lipinski definition) is 6. The summed E-state index contributed by atoms with van der Waals surface area (Å²) in [5.41, 5.74) is 1.85. The van der Waals surface area contributed by atoms with Gasteiger partial charge in [0.05, 0.1) is 42.7 Å². The van der Waals surface area contributed by atoms with Crippen LogP contribution in [0.5, 0.6) is 5.75 Å². The van der Waals surface area contributed by atoms with Crippen LogP contribution in [0.4, 0.5) is 4.39 Å². The van der Waals surface area contributed by atoms with E-state index in [9.17, 15) is 14.0 Å². The number of hydrogen-bond donors (Lipinski definition) is 0. The van der Waals surface area contributed by atoms with E-state index in [-0.39, 0.29) is 12.5 Å². The molecular weight excluding hydrogens is 547 g/mol. The SMILES string of the molecule is COc1ccccc1[C@H]1CC(c2ccccc2F)=NN1C(=O)CN(CCN1CCOCC1)C(=O)c1ccccc1Cl. The maximum atomic E-state index is 14.8. The Morgan fingerprint density at radius 3 is 2.51 bits per heavy atom. The highest BCUT2D eigenvalue weighted by molar-refractivity contribution is 6.33. The first-order valence-corrected chi connectivity index (χ1v) is 14.0. The Balaban J connectivity index is 1.45. The molecule has 0 aromatic heterocycles. The summed E-state index contributed by atoms with van der Waals surface area (Å²) in [5.74, 6) is -0.560. The van der Waals surface area contributed by atoms with Crippen LogP contribution < -0.4 is 4.74 Å². The lowest BCUT2D eigenvalue weighted by molar-refractivity contribution is -0.133. The number of rotatable bonds is 9. The molecule has 0 unspecified atom stereocenters. The van der Waals surface area contributed by atoms with Crippen LogP contribution in [0.2, 0.25) is 5.02 Å². The molecule has 2 aliphatic rings. The lowest BCUT2D eigenvalue weighted by Gasteiger charge is -2.31. The molecule has 0 spiro atoms. The predicted molar refractivity (Wildman–Crippen MR) is 155 cm³/mol. The third-order valence-corrected chi connectivity index (χ3v) is 7.69. The largest absolute Gasteiger partial charge is 0.496 e. The average Bonchev–Trinajstić information content (AvgIpc) is 3.45. The Hall–Kier alpha value is -3.79. The molecule has 5 rings (SSSR count). The first kappa shape index (κ1) is 28.7. The molecule has 0 N–H and O–H groups in total. The Morgan fingerprint density at radius 1 is 1.05 bits per heavy atom. The average molecular weight is 579 g/mol. The van der Waals surface area contributed by atoms with E-state index in [4.69, 9.17) is 21.1 Å². The van der Waals surface area contributed by atoms with E-state index in [0.717, 1.165) is 18.7 Å². The highest BCUT2D eigenvalue weighted by Gasteiger charge is 2.36. The number of amides is 2. The van der Waals surface area contributed by atoms with Gasteiger partial charge < -0.3 is 14.4 Å². The smallest absolute Gasteiger partial charge is 0.262 e. The van der Waals surface area contributed by atoms with Crippen molar-refractivity contribution in [3.8, 4) is 5.75 Å². The third-order valence-electron chi connectivity index (χ3n) is 7.36. The molecule has 3 aromatic rings. The fraction of sp³-hybridized carbons (Fsp3) is 0.323. The third kappa shape index (κ3) is 6.59. The highest BCUT2D eigenvalue weighted by Crippen LogP contribution is 2.38. The molecule has 1 saturated heterocycles. The van der Waals surface area contributed by atoms with E-state index >= 15 is 0 Å². The van der Waals surface area contributed by atoms with E-state index < -0.39 is 17.8 Å². The molecule has 41 heavy (non-hydrogen) atoms. The van der Waals surface area contributed by atoms with Gasteiger partial charge in [0, 0.05) is 43.7 Å². The van der Waals surface area contributed by atoms with E-state index in [1.54, 1.807) is 49.6 Å². The van der Waals surface area contributed by atoms with Crippen LogP contribution >= 0.6 is 11.6 Å². The van der Waals surface area contributed by atoms with Gasteiger partial charge in [0.2, 0.25) is 0 Å². The molecule has 0 radical (unpaired) electrons. The Bertz CT molecular complexity index is 1430. The molecule has 8 nitrogen and oxygen atoms in total. The summed E-state index contributed by atoms with van der Waals surface area (Å²) in [4.78, 5) is 31.4. The van der Waals surface area contributed by atoms with Gasteiger partial charge in [0.15, 0.2) is 0 Å². The van der Waals surface area contributed by atoms with Crippen molar-refractivity contribution in [2.24, 2.45) is 5.10 Å². The number of carbonyl (C=O) groups is 2. The molecular formula is C31H32ClFN4O4. The van der Waals surface area contributed by atoms with Gasteiger partial charge in [-0.25, -0.2) is 9.40 Å². The number of carbonyl (C=O) groups excluding carboxylic acids is 2. The van der Waals surface area contributed by atoms with Gasteiger partial charge in [-0.15, -0.1) is 0 Å². The number of methoxy groups -OCH3 is 1. The topological polar surface area (TPSA) is 74.7 Å². The van der Waals surface area contributed by atoms with Crippen LogP contribution in [0.1, 0.15) is 33.9 Å². The monoisotopic (exact) mass is 578 g/mol. The summed E-state index contributed by atoms with van der Waals surface area (Å²) < 4.78 is 25.8. The minimum Gasteiger partial charge on any atom is -0.496 e. The van der Waals surface area contributed by atoms with Crippen molar-refractivity contribution in [3.63, 3.8) is 0 Å². The molecule has 3 aromatic carbocycles. The van der Waals surface area contributed by atoms with E-state index in [1.165, 1.54) is 16.0 Å². The zero-order chi connectivity index (χ0) is 28.8. The molecule has 0 aliphatic carbocycles. The molecule has 2 heterocycles. The highest BCUT2D eigenvalue weighted by atomic mass is 35.5. The zero-order valence-corrected chi connectivity index (χ0v) is 23.6. The summed E-state index contributed by atoms with van der Waals surface area (Å²) in [6.45, 7) is 3.41.